The average Bonchev–Trinajstić information content (AvgIpc) is 2.74. The van der Waals surface area contributed by atoms with Gasteiger partial charge in [-0.15, -0.1) is 0 Å². The minimum atomic E-state index is -0.159. The van der Waals surface area contributed by atoms with E-state index in [1.807, 2.05) is 30.3 Å². The molecule has 0 fully saturated rings. The highest BCUT2D eigenvalue weighted by Crippen LogP contribution is 2.24. The molecule has 17 heavy (non-hydrogen) atoms. The van der Waals surface area contributed by atoms with Crippen LogP contribution in [0.25, 0.3) is 10.3 Å². The highest BCUT2D eigenvalue weighted by Gasteiger charge is 2.07. The molecule has 0 atom stereocenters. The number of para-hydroxylation sites is 1. The first-order valence-electron chi connectivity index (χ1n) is 4.99. The molecule has 0 aliphatic rings. The Morgan fingerprint density at radius 3 is 2.82 bits per heavy atom. The number of rotatable bonds is 2. The van der Waals surface area contributed by atoms with Crippen LogP contribution in [0, 0.1) is 0 Å². The van der Waals surface area contributed by atoms with Crippen LogP contribution >= 0.6 is 11.3 Å². The fourth-order valence-corrected chi connectivity index (χ4v) is 2.30. The Bertz CT molecular complexity index is 704. The maximum atomic E-state index is 11.5. The summed E-state index contributed by atoms with van der Waals surface area (Å²) in [6.07, 6.45) is 1.36. The lowest BCUT2D eigenvalue weighted by atomic mass is 10.3. The molecule has 0 unspecified atom stereocenters. The summed E-state index contributed by atoms with van der Waals surface area (Å²) in [6.45, 7) is 0. The number of aromatic amines is 1. The number of H-pyrrole nitrogens is 1. The van der Waals surface area contributed by atoms with Crippen LogP contribution in [0.1, 0.15) is 0 Å². The lowest BCUT2D eigenvalue weighted by Crippen LogP contribution is -2.03. The molecule has 0 amide bonds. The molecule has 6 heteroatoms. The summed E-state index contributed by atoms with van der Waals surface area (Å²) >= 11 is 1.29. The summed E-state index contributed by atoms with van der Waals surface area (Å²) in [7, 11) is 0. The number of anilines is 2. The molecule has 0 aliphatic heterocycles. The molecule has 5 nitrogen and oxygen atoms in total. The van der Waals surface area contributed by atoms with E-state index in [1.165, 1.54) is 17.7 Å². The Kier molecular flexibility index (Phi) is 2.34. The molecule has 3 aromatic rings. The Morgan fingerprint density at radius 1 is 1.24 bits per heavy atom. The van der Waals surface area contributed by atoms with E-state index >= 15 is 0 Å². The van der Waals surface area contributed by atoms with Crippen molar-refractivity contribution in [2.75, 3.05) is 5.32 Å². The van der Waals surface area contributed by atoms with Gasteiger partial charge < -0.3 is 10.3 Å². The fourth-order valence-electron chi connectivity index (χ4n) is 1.46. The van der Waals surface area contributed by atoms with Crippen LogP contribution in [0.3, 0.4) is 0 Å². The van der Waals surface area contributed by atoms with Crippen molar-refractivity contribution in [3.63, 3.8) is 0 Å². The van der Waals surface area contributed by atoms with Gasteiger partial charge in [0, 0.05) is 5.69 Å². The van der Waals surface area contributed by atoms with Gasteiger partial charge in [0.05, 0.1) is 6.33 Å². The number of thiazole rings is 1. The molecule has 3 rings (SSSR count). The number of fused-ring (bicyclic) bond motifs is 1. The largest absolute Gasteiger partial charge is 0.331 e. The molecule has 0 saturated heterocycles. The molecule has 0 spiro atoms. The maximum Gasteiger partial charge on any atom is 0.270 e. The Morgan fingerprint density at radius 2 is 2.06 bits per heavy atom. The number of benzene rings is 1. The minimum Gasteiger partial charge on any atom is -0.331 e. The second kappa shape index (κ2) is 3.99. The van der Waals surface area contributed by atoms with Gasteiger partial charge in [-0.2, -0.15) is 4.98 Å². The predicted octanol–water partition coefficient (Wildman–Crippen LogP) is 2.12. The van der Waals surface area contributed by atoms with Crippen LogP contribution in [-0.2, 0) is 0 Å². The number of aromatic nitrogens is 3. The maximum absolute atomic E-state index is 11.5. The van der Waals surface area contributed by atoms with Crippen LogP contribution in [0.2, 0.25) is 0 Å². The van der Waals surface area contributed by atoms with Crippen LogP contribution in [-0.4, -0.2) is 15.0 Å². The van der Waals surface area contributed by atoms with E-state index in [-0.39, 0.29) is 5.56 Å². The van der Waals surface area contributed by atoms with Gasteiger partial charge in [-0.3, -0.25) is 4.79 Å². The molecular formula is C11H8N4OS. The molecule has 0 radical (unpaired) electrons. The molecule has 84 valence electrons. The Labute approximate surface area is 100 Å². The summed E-state index contributed by atoms with van der Waals surface area (Å²) in [5.41, 5.74) is 1.24. The first-order chi connectivity index (χ1) is 8.33. The van der Waals surface area contributed by atoms with Crippen LogP contribution < -0.4 is 10.9 Å². The zero-order valence-corrected chi connectivity index (χ0v) is 9.49. The minimum absolute atomic E-state index is 0.159. The van der Waals surface area contributed by atoms with Crippen molar-refractivity contribution in [2.24, 2.45) is 0 Å². The zero-order chi connectivity index (χ0) is 11.7. The highest BCUT2D eigenvalue weighted by molar-refractivity contribution is 7.22. The van der Waals surface area contributed by atoms with Crippen molar-refractivity contribution in [1.29, 1.82) is 0 Å². The SMILES string of the molecule is O=c1[nH]cnc2nc(Nc3ccccc3)sc12. The van der Waals surface area contributed by atoms with Crippen LogP contribution in [0.4, 0.5) is 10.8 Å². The molecule has 0 saturated carbocycles. The monoisotopic (exact) mass is 244 g/mol. The summed E-state index contributed by atoms with van der Waals surface area (Å²) < 4.78 is 0.533. The number of nitrogens with one attached hydrogen (secondary N) is 2. The smallest absolute Gasteiger partial charge is 0.270 e. The van der Waals surface area contributed by atoms with Gasteiger partial charge in [-0.05, 0) is 12.1 Å². The van der Waals surface area contributed by atoms with Crippen LogP contribution in [0.15, 0.2) is 41.5 Å². The van der Waals surface area contributed by atoms with Gasteiger partial charge in [0.1, 0.15) is 4.70 Å². The van der Waals surface area contributed by atoms with E-state index in [1.54, 1.807) is 0 Å². The van der Waals surface area contributed by atoms with Crippen molar-refractivity contribution in [3.05, 3.63) is 47.0 Å². The standard InChI is InChI=1S/C11H8N4OS/c16-10-8-9(12-6-13-10)15-11(17-8)14-7-4-2-1-3-5-7/h1-6H,(H2,12,13,14,15,16). The molecule has 1 aromatic carbocycles. The Balaban J connectivity index is 2.02. The zero-order valence-electron chi connectivity index (χ0n) is 8.68. The van der Waals surface area contributed by atoms with Gasteiger partial charge in [0.15, 0.2) is 10.8 Å². The van der Waals surface area contributed by atoms with Gasteiger partial charge in [-0.25, -0.2) is 4.98 Å². The third-order valence-electron chi connectivity index (χ3n) is 2.22. The van der Waals surface area contributed by atoms with Crippen molar-refractivity contribution in [1.82, 2.24) is 15.0 Å². The number of hydrogen-bond donors (Lipinski definition) is 2. The lowest BCUT2D eigenvalue weighted by Gasteiger charge is -1.99. The lowest BCUT2D eigenvalue weighted by molar-refractivity contribution is 1.16. The van der Waals surface area contributed by atoms with E-state index < -0.39 is 0 Å². The summed E-state index contributed by atoms with van der Waals surface area (Å²) in [5, 5.41) is 3.80. The van der Waals surface area contributed by atoms with Crippen molar-refractivity contribution in [3.8, 4) is 0 Å². The van der Waals surface area contributed by atoms with E-state index in [0.29, 0.717) is 15.5 Å². The van der Waals surface area contributed by atoms with E-state index in [0.717, 1.165) is 5.69 Å². The van der Waals surface area contributed by atoms with Crippen LogP contribution in [0.5, 0.6) is 0 Å². The van der Waals surface area contributed by atoms with Gasteiger partial charge >= 0.3 is 0 Å². The average molecular weight is 244 g/mol. The second-order valence-corrected chi connectivity index (χ2v) is 4.39. The van der Waals surface area contributed by atoms with Crippen molar-refractivity contribution < 1.29 is 0 Å². The van der Waals surface area contributed by atoms with Gasteiger partial charge in [0.2, 0.25) is 0 Å². The topological polar surface area (TPSA) is 70.7 Å². The summed E-state index contributed by atoms with van der Waals surface area (Å²) in [4.78, 5) is 22.3. The van der Waals surface area contributed by atoms with Gasteiger partial charge in [0.25, 0.3) is 5.56 Å². The highest BCUT2D eigenvalue weighted by atomic mass is 32.1. The summed E-state index contributed by atoms with van der Waals surface area (Å²) in [5.74, 6) is 0. The predicted molar refractivity (Wildman–Crippen MR) is 67.8 cm³/mol. The quantitative estimate of drug-likeness (QED) is 0.724. The third-order valence-corrected chi connectivity index (χ3v) is 3.18. The molecule has 2 N–H and O–H groups in total. The molecule has 0 bridgehead atoms. The first kappa shape index (κ1) is 9.98. The van der Waals surface area contributed by atoms with Crippen molar-refractivity contribution in [2.45, 2.75) is 0 Å². The molecule has 2 heterocycles. The summed E-state index contributed by atoms with van der Waals surface area (Å²) in [6, 6.07) is 9.67. The normalized spacial score (nSPS) is 10.6. The second-order valence-electron chi connectivity index (χ2n) is 3.39. The number of nitrogens with zero attached hydrogens (tertiary/aromatic N) is 2. The Hall–Kier alpha value is -2.21. The third kappa shape index (κ3) is 1.90. The first-order valence-corrected chi connectivity index (χ1v) is 5.81. The van der Waals surface area contributed by atoms with E-state index in [9.17, 15) is 4.79 Å². The van der Waals surface area contributed by atoms with E-state index in [2.05, 4.69) is 20.3 Å². The fraction of sp³-hybridized carbons (Fsp3) is 0. The van der Waals surface area contributed by atoms with E-state index in [4.69, 9.17) is 0 Å². The molecular weight excluding hydrogens is 236 g/mol. The number of hydrogen-bond acceptors (Lipinski definition) is 5. The van der Waals surface area contributed by atoms with Gasteiger partial charge in [-0.1, -0.05) is 29.5 Å². The van der Waals surface area contributed by atoms with Crippen molar-refractivity contribution >= 4 is 32.5 Å². The molecule has 2 aromatic heterocycles. The molecule has 0 aliphatic carbocycles.